The van der Waals surface area contributed by atoms with Gasteiger partial charge in [0.1, 0.15) is 4.88 Å². The van der Waals surface area contributed by atoms with Gasteiger partial charge in [0.2, 0.25) is 0 Å². The lowest BCUT2D eigenvalue weighted by Crippen LogP contribution is -2.10. The number of rotatable bonds is 3. The number of thiophene rings is 1. The number of amides is 1. The molecule has 1 aromatic heterocycles. The standard InChI is InChI=1S/C9H9NO3S/c1-5(2)8(11)10-6-3-7(9(12)13)14-4-6/h3-4H,1H2,2H3,(H,10,11)(H,12,13). The first-order chi connectivity index (χ1) is 6.50. The van der Waals surface area contributed by atoms with Crippen molar-refractivity contribution in [1.82, 2.24) is 0 Å². The van der Waals surface area contributed by atoms with E-state index in [0.717, 1.165) is 11.3 Å². The zero-order valence-corrected chi connectivity index (χ0v) is 8.35. The average molecular weight is 211 g/mol. The van der Waals surface area contributed by atoms with Crippen LogP contribution in [0.1, 0.15) is 16.6 Å². The fourth-order valence-electron chi connectivity index (χ4n) is 0.752. The smallest absolute Gasteiger partial charge is 0.345 e. The Morgan fingerprint density at radius 1 is 1.57 bits per heavy atom. The number of anilines is 1. The molecule has 0 aliphatic carbocycles. The van der Waals surface area contributed by atoms with Crippen LogP contribution in [0.2, 0.25) is 0 Å². The van der Waals surface area contributed by atoms with Crippen LogP contribution in [0.4, 0.5) is 5.69 Å². The summed E-state index contributed by atoms with van der Waals surface area (Å²) < 4.78 is 0. The Labute approximate surface area is 84.9 Å². The summed E-state index contributed by atoms with van der Waals surface area (Å²) in [6.45, 7) is 5.05. The number of hydrogen-bond acceptors (Lipinski definition) is 3. The molecule has 0 saturated carbocycles. The highest BCUT2D eigenvalue weighted by Crippen LogP contribution is 2.19. The molecule has 0 atom stereocenters. The van der Waals surface area contributed by atoms with Crippen LogP contribution >= 0.6 is 11.3 Å². The first-order valence-corrected chi connectivity index (χ1v) is 4.67. The SMILES string of the molecule is C=C(C)C(=O)Nc1csc(C(=O)O)c1. The molecule has 0 unspecified atom stereocenters. The van der Waals surface area contributed by atoms with Crippen LogP contribution in [0.25, 0.3) is 0 Å². The number of carboxylic acid groups (broad SMARTS) is 1. The third kappa shape index (κ3) is 2.43. The van der Waals surface area contributed by atoms with Crippen molar-refractivity contribution < 1.29 is 14.7 Å². The van der Waals surface area contributed by atoms with Crippen LogP contribution in [0, 0.1) is 0 Å². The molecule has 0 spiro atoms. The van der Waals surface area contributed by atoms with Gasteiger partial charge < -0.3 is 10.4 Å². The highest BCUT2D eigenvalue weighted by Gasteiger charge is 2.08. The molecule has 1 amide bonds. The highest BCUT2D eigenvalue weighted by atomic mass is 32.1. The minimum atomic E-state index is -0.995. The van der Waals surface area contributed by atoms with E-state index in [0.29, 0.717) is 11.3 Å². The van der Waals surface area contributed by atoms with Crippen molar-refractivity contribution in [2.75, 3.05) is 5.32 Å². The monoisotopic (exact) mass is 211 g/mol. The molecule has 5 heteroatoms. The molecule has 4 nitrogen and oxygen atoms in total. The van der Waals surface area contributed by atoms with Crippen LogP contribution in [0.3, 0.4) is 0 Å². The van der Waals surface area contributed by atoms with Gasteiger partial charge in [-0.25, -0.2) is 4.79 Å². The van der Waals surface area contributed by atoms with E-state index in [1.54, 1.807) is 12.3 Å². The average Bonchev–Trinajstić information content (AvgIpc) is 2.52. The molecule has 0 fully saturated rings. The van der Waals surface area contributed by atoms with Crippen LogP contribution in [0.15, 0.2) is 23.6 Å². The second kappa shape index (κ2) is 4.06. The molecule has 74 valence electrons. The summed E-state index contributed by atoms with van der Waals surface area (Å²) >= 11 is 1.07. The Morgan fingerprint density at radius 3 is 2.64 bits per heavy atom. The van der Waals surface area contributed by atoms with Gasteiger partial charge in [0, 0.05) is 11.0 Å². The van der Waals surface area contributed by atoms with Crippen molar-refractivity contribution in [2.24, 2.45) is 0 Å². The Bertz CT molecular complexity index is 395. The highest BCUT2D eigenvalue weighted by molar-refractivity contribution is 7.12. The third-order valence-electron chi connectivity index (χ3n) is 1.46. The molecule has 1 aromatic rings. The number of nitrogens with one attached hydrogen (secondary N) is 1. The van der Waals surface area contributed by atoms with E-state index >= 15 is 0 Å². The van der Waals surface area contributed by atoms with Gasteiger partial charge in [-0.15, -0.1) is 11.3 Å². The maximum atomic E-state index is 11.1. The lowest BCUT2D eigenvalue weighted by Gasteiger charge is -1.99. The fraction of sp³-hybridized carbons (Fsp3) is 0.111. The van der Waals surface area contributed by atoms with Crippen molar-refractivity contribution >= 4 is 28.9 Å². The molecule has 0 aliphatic heterocycles. The maximum absolute atomic E-state index is 11.1. The Balaban J connectivity index is 2.74. The van der Waals surface area contributed by atoms with Crippen molar-refractivity contribution in [3.8, 4) is 0 Å². The molecule has 1 heterocycles. The molecule has 0 aliphatic rings. The van der Waals surface area contributed by atoms with Gasteiger partial charge in [0.25, 0.3) is 5.91 Å². The van der Waals surface area contributed by atoms with E-state index in [1.807, 2.05) is 0 Å². The molecular formula is C9H9NO3S. The second-order valence-corrected chi connectivity index (χ2v) is 3.65. The van der Waals surface area contributed by atoms with Gasteiger partial charge in [-0.05, 0) is 13.0 Å². The normalized spacial score (nSPS) is 9.50. The number of carbonyl (C=O) groups excluding carboxylic acids is 1. The summed E-state index contributed by atoms with van der Waals surface area (Å²) in [5, 5.41) is 12.7. The quantitative estimate of drug-likeness (QED) is 0.751. The molecule has 14 heavy (non-hydrogen) atoms. The van der Waals surface area contributed by atoms with E-state index in [-0.39, 0.29) is 10.8 Å². The molecule has 0 bridgehead atoms. The van der Waals surface area contributed by atoms with Crippen molar-refractivity contribution in [3.05, 3.63) is 28.5 Å². The van der Waals surface area contributed by atoms with Crippen LogP contribution in [-0.4, -0.2) is 17.0 Å². The predicted octanol–water partition coefficient (Wildman–Crippen LogP) is 1.96. The summed E-state index contributed by atoms with van der Waals surface area (Å²) in [4.78, 5) is 21.8. The third-order valence-corrected chi connectivity index (χ3v) is 2.37. The summed E-state index contributed by atoms with van der Waals surface area (Å²) in [6.07, 6.45) is 0. The molecule has 0 radical (unpaired) electrons. The lowest BCUT2D eigenvalue weighted by atomic mass is 10.3. The van der Waals surface area contributed by atoms with Gasteiger partial charge in [-0.2, -0.15) is 0 Å². The number of carbonyl (C=O) groups is 2. The van der Waals surface area contributed by atoms with Crippen molar-refractivity contribution in [3.63, 3.8) is 0 Å². The number of hydrogen-bond donors (Lipinski definition) is 2. The van der Waals surface area contributed by atoms with Gasteiger partial charge in [0.05, 0.1) is 5.69 Å². The van der Waals surface area contributed by atoms with Gasteiger partial charge in [-0.3, -0.25) is 4.79 Å². The van der Waals surface area contributed by atoms with E-state index in [2.05, 4.69) is 11.9 Å². The van der Waals surface area contributed by atoms with Crippen LogP contribution in [0.5, 0.6) is 0 Å². The molecular weight excluding hydrogens is 202 g/mol. The molecule has 0 saturated heterocycles. The number of aromatic carboxylic acids is 1. The molecule has 1 rings (SSSR count). The van der Waals surface area contributed by atoms with Crippen LogP contribution in [-0.2, 0) is 4.79 Å². The minimum absolute atomic E-state index is 0.196. The predicted molar refractivity (Wildman–Crippen MR) is 54.7 cm³/mol. The second-order valence-electron chi connectivity index (χ2n) is 2.74. The van der Waals surface area contributed by atoms with Crippen molar-refractivity contribution in [1.29, 1.82) is 0 Å². The molecule has 0 aromatic carbocycles. The largest absolute Gasteiger partial charge is 0.477 e. The fourth-order valence-corrected chi connectivity index (χ4v) is 1.43. The topological polar surface area (TPSA) is 66.4 Å². The molecule has 2 N–H and O–H groups in total. The van der Waals surface area contributed by atoms with E-state index < -0.39 is 5.97 Å². The van der Waals surface area contributed by atoms with Gasteiger partial charge >= 0.3 is 5.97 Å². The summed E-state index contributed by atoms with van der Waals surface area (Å²) in [7, 11) is 0. The van der Waals surface area contributed by atoms with Crippen LogP contribution < -0.4 is 5.32 Å². The van der Waals surface area contributed by atoms with Gasteiger partial charge in [-0.1, -0.05) is 6.58 Å². The van der Waals surface area contributed by atoms with Gasteiger partial charge in [0.15, 0.2) is 0 Å². The first kappa shape index (κ1) is 10.5. The van der Waals surface area contributed by atoms with E-state index in [9.17, 15) is 9.59 Å². The maximum Gasteiger partial charge on any atom is 0.345 e. The summed E-state index contributed by atoms with van der Waals surface area (Å²) in [5.41, 5.74) is 0.869. The lowest BCUT2D eigenvalue weighted by molar-refractivity contribution is -0.112. The first-order valence-electron chi connectivity index (χ1n) is 3.79. The zero-order chi connectivity index (χ0) is 10.7. The Morgan fingerprint density at radius 2 is 2.21 bits per heavy atom. The Hall–Kier alpha value is -1.62. The zero-order valence-electron chi connectivity index (χ0n) is 7.53. The van der Waals surface area contributed by atoms with E-state index in [4.69, 9.17) is 5.11 Å². The Kier molecular flexibility index (Phi) is 3.03. The van der Waals surface area contributed by atoms with E-state index in [1.165, 1.54) is 6.07 Å². The summed E-state index contributed by atoms with van der Waals surface area (Å²) in [6, 6.07) is 1.41. The summed E-state index contributed by atoms with van der Waals surface area (Å²) in [5.74, 6) is -1.30. The minimum Gasteiger partial charge on any atom is -0.477 e. The van der Waals surface area contributed by atoms with Crippen molar-refractivity contribution in [2.45, 2.75) is 6.92 Å². The number of carboxylic acids is 1.